The summed E-state index contributed by atoms with van der Waals surface area (Å²) in [6, 6.07) is 0. The molecule has 2 heteroatoms. The van der Waals surface area contributed by atoms with Gasteiger partial charge in [0, 0.05) is 18.1 Å². The molecule has 0 aromatic carbocycles. The van der Waals surface area contributed by atoms with Gasteiger partial charge in [-0.25, -0.2) is 0 Å². The molecule has 0 N–H and O–H groups in total. The summed E-state index contributed by atoms with van der Waals surface area (Å²) < 4.78 is 5.57. The average Bonchev–Trinajstić information content (AvgIpc) is 2.07. The zero-order chi connectivity index (χ0) is 7.94. The maximum atomic E-state index is 5.57. The van der Waals surface area contributed by atoms with Crippen molar-refractivity contribution >= 4 is 11.8 Å². The molecule has 1 aliphatic rings. The minimum atomic E-state index is 0.522. The molecule has 0 aliphatic carbocycles. The van der Waals surface area contributed by atoms with Crippen molar-refractivity contribution in [2.75, 3.05) is 18.1 Å². The van der Waals surface area contributed by atoms with Crippen LogP contribution >= 0.6 is 11.8 Å². The third-order valence-electron chi connectivity index (χ3n) is 1.81. The third kappa shape index (κ3) is 3.82. The minimum absolute atomic E-state index is 0.522. The topological polar surface area (TPSA) is 9.23 Å². The maximum absolute atomic E-state index is 5.57. The smallest absolute Gasteiger partial charge is 0.0665 e. The van der Waals surface area contributed by atoms with Gasteiger partial charge in [0.25, 0.3) is 0 Å². The van der Waals surface area contributed by atoms with Gasteiger partial charge in [-0.1, -0.05) is 6.08 Å². The monoisotopic (exact) mass is 172 g/mol. The fourth-order valence-corrected chi connectivity index (χ4v) is 2.05. The van der Waals surface area contributed by atoms with Crippen LogP contribution in [0.5, 0.6) is 0 Å². The van der Waals surface area contributed by atoms with Crippen molar-refractivity contribution in [1.82, 2.24) is 0 Å². The van der Waals surface area contributed by atoms with Crippen LogP contribution in [0.3, 0.4) is 0 Å². The summed E-state index contributed by atoms with van der Waals surface area (Å²) in [5.41, 5.74) is 0. The molecule has 1 heterocycles. The van der Waals surface area contributed by atoms with Crippen molar-refractivity contribution in [3.63, 3.8) is 0 Å². The zero-order valence-electron chi connectivity index (χ0n) is 6.92. The van der Waals surface area contributed by atoms with Crippen LogP contribution in [0.2, 0.25) is 0 Å². The first-order chi connectivity index (χ1) is 5.43. The summed E-state index contributed by atoms with van der Waals surface area (Å²) in [6.07, 6.45) is 6.33. The SMILES string of the molecule is C=CCSCC1CCCCO1. The van der Waals surface area contributed by atoms with Gasteiger partial charge in [-0.05, 0) is 19.3 Å². The lowest BCUT2D eigenvalue weighted by molar-refractivity contribution is 0.0315. The van der Waals surface area contributed by atoms with Gasteiger partial charge in [0.05, 0.1) is 6.10 Å². The Hall–Kier alpha value is 0.0500. The van der Waals surface area contributed by atoms with Gasteiger partial charge in [0.2, 0.25) is 0 Å². The van der Waals surface area contributed by atoms with Crippen LogP contribution in [-0.4, -0.2) is 24.2 Å². The number of ether oxygens (including phenoxy) is 1. The van der Waals surface area contributed by atoms with Gasteiger partial charge >= 0.3 is 0 Å². The highest BCUT2D eigenvalue weighted by Crippen LogP contribution is 2.16. The van der Waals surface area contributed by atoms with E-state index >= 15 is 0 Å². The molecule has 1 atom stereocenters. The molecule has 1 unspecified atom stereocenters. The molecule has 11 heavy (non-hydrogen) atoms. The molecule has 1 nitrogen and oxygen atoms in total. The highest BCUT2D eigenvalue weighted by molar-refractivity contribution is 7.99. The fraction of sp³-hybridized carbons (Fsp3) is 0.778. The van der Waals surface area contributed by atoms with Crippen molar-refractivity contribution in [1.29, 1.82) is 0 Å². The lowest BCUT2D eigenvalue weighted by atomic mass is 10.1. The van der Waals surface area contributed by atoms with Gasteiger partial charge in [-0.3, -0.25) is 0 Å². The van der Waals surface area contributed by atoms with Gasteiger partial charge in [-0.2, -0.15) is 11.8 Å². The first-order valence-electron chi connectivity index (χ1n) is 4.23. The quantitative estimate of drug-likeness (QED) is 0.476. The lowest BCUT2D eigenvalue weighted by Gasteiger charge is -2.21. The number of hydrogen-bond donors (Lipinski definition) is 0. The highest BCUT2D eigenvalue weighted by Gasteiger charge is 2.12. The van der Waals surface area contributed by atoms with Crippen molar-refractivity contribution in [3.8, 4) is 0 Å². The van der Waals surface area contributed by atoms with Crippen LogP contribution in [0.1, 0.15) is 19.3 Å². The molecule has 0 saturated carbocycles. The second-order valence-electron chi connectivity index (χ2n) is 2.81. The van der Waals surface area contributed by atoms with E-state index in [4.69, 9.17) is 4.74 Å². The highest BCUT2D eigenvalue weighted by atomic mass is 32.2. The summed E-state index contributed by atoms with van der Waals surface area (Å²) in [5.74, 6) is 2.20. The van der Waals surface area contributed by atoms with E-state index in [0.29, 0.717) is 6.10 Å². The third-order valence-corrected chi connectivity index (χ3v) is 2.89. The summed E-state index contributed by atoms with van der Waals surface area (Å²) in [4.78, 5) is 0. The molecule has 0 amide bonds. The normalized spacial score (nSPS) is 24.9. The standard InChI is InChI=1S/C9H16OS/c1-2-7-11-8-9-5-3-4-6-10-9/h2,9H,1,3-8H2. The summed E-state index contributed by atoms with van der Waals surface area (Å²) >= 11 is 1.92. The molecule has 1 fully saturated rings. The molecule has 0 spiro atoms. The van der Waals surface area contributed by atoms with E-state index in [0.717, 1.165) is 18.1 Å². The van der Waals surface area contributed by atoms with Gasteiger partial charge in [-0.15, -0.1) is 6.58 Å². The minimum Gasteiger partial charge on any atom is -0.377 e. The van der Waals surface area contributed by atoms with E-state index in [-0.39, 0.29) is 0 Å². The molecule has 1 rings (SSSR count). The molecule has 1 aliphatic heterocycles. The van der Waals surface area contributed by atoms with Crippen molar-refractivity contribution in [3.05, 3.63) is 12.7 Å². The Bertz CT molecular complexity index is 108. The second kappa shape index (κ2) is 5.67. The average molecular weight is 172 g/mol. The molecule has 0 aromatic heterocycles. The molecule has 0 radical (unpaired) electrons. The number of hydrogen-bond acceptors (Lipinski definition) is 2. The van der Waals surface area contributed by atoms with E-state index < -0.39 is 0 Å². The van der Waals surface area contributed by atoms with Crippen LogP contribution in [0.25, 0.3) is 0 Å². The molecular weight excluding hydrogens is 156 g/mol. The summed E-state index contributed by atoms with van der Waals surface area (Å²) in [5, 5.41) is 0. The van der Waals surface area contributed by atoms with Crippen LogP contribution in [0, 0.1) is 0 Å². The Kier molecular flexibility index (Phi) is 4.71. The number of rotatable bonds is 4. The van der Waals surface area contributed by atoms with Crippen molar-refractivity contribution in [2.45, 2.75) is 25.4 Å². The molecule has 64 valence electrons. The van der Waals surface area contributed by atoms with Crippen molar-refractivity contribution < 1.29 is 4.74 Å². The Labute approximate surface area is 73.2 Å². The van der Waals surface area contributed by atoms with E-state index in [1.807, 2.05) is 17.8 Å². The van der Waals surface area contributed by atoms with E-state index in [1.165, 1.54) is 19.3 Å². The van der Waals surface area contributed by atoms with Gasteiger partial charge in [0.15, 0.2) is 0 Å². The summed E-state index contributed by atoms with van der Waals surface area (Å²) in [6.45, 7) is 4.65. The Morgan fingerprint density at radius 2 is 2.45 bits per heavy atom. The van der Waals surface area contributed by atoms with Crippen LogP contribution in [0.15, 0.2) is 12.7 Å². The first-order valence-corrected chi connectivity index (χ1v) is 5.39. The predicted molar refractivity (Wildman–Crippen MR) is 51.1 cm³/mol. The Balaban J connectivity index is 2.00. The predicted octanol–water partition coefficient (Wildman–Crippen LogP) is 2.47. The van der Waals surface area contributed by atoms with Crippen LogP contribution < -0.4 is 0 Å². The molecule has 0 aromatic rings. The van der Waals surface area contributed by atoms with E-state index in [9.17, 15) is 0 Å². The summed E-state index contributed by atoms with van der Waals surface area (Å²) in [7, 11) is 0. The lowest BCUT2D eigenvalue weighted by Crippen LogP contribution is -2.21. The molecule has 1 saturated heterocycles. The van der Waals surface area contributed by atoms with Gasteiger partial charge in [0.1, 0.15) is 0 Å². The Morgan fingerprint density at radius 3 is 3.09 bits per heavy atom. The Morgan fingerprint density at radius 1 is 1.55 bits per heavy atom. The number of thioether (sulfide) groups is 1. The zero-order valence-corrected chi connectivity index (χ0v) is 7.74. The fourth-order valence-electron chi connectivity index (χ4n) is 1.22. The largest absolute Gasteiger partial charge is 0.377 e. The van der Waals surface area contributed by atoms with Gasteiger partial charge < -0.3 is 4.74 Å². The van der Waals surface area contributed by atoms with Crippen LogP contribution in [-0.2, 0) is 4.74 Å². The van der Waals surface area contributed by atoms with E-state index in [1.54, 1.807) is 0 Å². The maximum Gasteiger partial charge on any atom is 0.0665 e. The second-order valence-corrected chi connectivity index (χ2v) is 3.89. The first kappa shape index (κ1) is 9.14. The van der Waals surface area contributed by atoms with Crippen LogP contribution in [0.4, 0.5) is 0 Å². The van der Waals surface area contributed by atoms with E-state index in [2.05, 4.69) is 6.58 Å². The molecule has 0 bridgehead atoms. The molecular formula is C9H16OS. The van der Waals surface area contributed by atoms with Crippen molar-refractivity contribution in [2.24, 2.45) is 0 Å².